The van der Waals surface area contributed by atoms with Crippen LogP contribution in [0.15, 0.2) is 40.3 Å². The summed E-state index contributed by atoms with van der Waals surface area (Å²) in [5.41, 5.74) is 2.15. The van der Waals surface area contributed by atoms with E-state index in [0.29, 0.717) is 64.7 Å². The van der Waals surface area contributed by atoms with E-state index in [-0.39, 0.29) is 30.0 Å². The molecular formula is C28H23ClF3N5O3S. The lowest BCUT2D eigenvalue weighted by molar-refractivity contribution is -0.0592. The van der Waals surface area contributed by atoms with Gasteiger partial charge in [-0.05, 0) is 24.5 Å². The predicted octanol–water partition coefficient (Wildman–Crippen LogP) is 6.36. The van der Waals surface area contributed by atoms with Gasteiger partial charge in [0, 0.05) is 42.1 Å². The predicted molar refractivity (Wildman–Crippen MR) is 147 cm³/mol. The van der Waals surface area contributed by atoms with Gasteiger partial charge >= 0.3 is 0 Å². The minimum atomic E-state index is -0.772. The van der Waals surface area contributed by atoms with Crippen molar-refractivity contribution in [3.8, 4) is 5.88 Å². The van der Waals surface area contributed by atoms with Gasteiger partial charge in [-0.1, -0.05) is 23.7 Å². The Balaban J connectivity index is 1.05. The van der Waals surface area contributed by atoms with Gasteiger partial charge in [-0.15, -0.1) is 11.3 Å². The van der Waals surface area contributed by atoms with E-state index < -0.39 is 11.8 Å². The number of rotatable bonds is 8. The van der Waals surface area contributed by atoms with E-state index in [1.165, 1.54) is 22.8 Å². The van der Waals surface area contributed by atoms with Crippen LogP contribution in [-0.2, 0) is 24.4 Å². The van der Waals surface area contributed by atoms with E-state index in [2.05, 4.69) is 14.9 Å². The second-order valence-corrected chi connectivity index (χ2v) is 11.3. The molecule has 0 radical (unpaired) electrons. The Hall–Kier alpha value is -3.45. The molecule has 7 rings (SSSR count). The number of ether oxygens (including phenoxy) is 2. The van der Waals surface area contributed by atoms with Gasteiger partial charge in [-0.3, -0.25) is 4.90 Å². The summed E-state index contributed by atoms with van der Waals surface area (Å²) < 4.78 is 61.1. The normalized spacial score (nSPS) is 17.8. The number of furan rings is 1. The third-order valence-electron chi connectivity index (χ3n) is 7.40. The van der Waals surface area contributed by atoms with Crippen molar-refractivity contribution in [1.82, 2.24) is 24.4 Å². The topological polar surface area (TPSA) is 78.4 Å². The molecule has 1 atom stereocenters. The Morgan fingerprint density at radius 2 is 2.05 bits per heavy atom. The maximum atomic E-state index is 14.5. The molecule has 0 saturated carbocycles. The molecule has 0 aliphatic carbocycles. The van der Waals surface area contributed by atoms with Crippen LogP contribution < -0.4 is 4.74 Å². The Labute approximate surface area is 241 Å². The lowest BCUT2D eigenvalue weighted by atomic mass is 10.1. The molecule has 1 aromatic carbocycles. The summed E-state index contributed by atoms with van der Waals surface area (Å²) >= 11 is 7.42. The Kier molecular flexibility index (Phi) is 6.93. The maximum absolute atomic E-state index is 14.5. The largest absolute Gasteiger partial charge is 0.470 e. The molecule has 0 unspecified atom stereocenters. The summed E-state index contributed by atoms with van der Waals surface area (Å²) in [4.78, 5) is 16.1. The van der Waals surface area contributed by atoms with Crippen molar-refractivity contribution < 1.29 is 27.1 Å². The molecule has 8 nitrogen and oxygen atoms in total. The van der Waals surface area contributed by atoms with Gasteiger partial charge in [-0.2, -0.15) is 13.8 Å². The van der Waals surface area contributed by atoms with Crippen LogP contribution in [0.1, 0.15) is 30.1 Å². The first-order chi connectivity index (χ1) is 19.9. The summed E-state index contributed by atoms with van der Waals surface area (Å²) in [6, 6.07) is 3.66. The van der Waals surface area contributed by atoms with Crippen molar-refractivity contribution in [3.63, 3.8) is 0 Å². The van der Waals surface area contributed by atoms with Gasteiger partial charge in [0.25, 0.3) is 11.9 Å². The van der Waals surface area contributed by atoms with Crippen molar-refractivity contribution in [2.24, 2.45) is 0 Å². The Morgan fingerprint density at radius 1 is 1.17 bits per heavy atom. The number of hydrogen-bond donors (Lipinski definition) is 0. The standard InChI is InChI=1S/C28H23ClF3N5O3S/c29-19-2-1-16(25-18(19)9-22(32)40-25)13-39-27-20(30)10-33-26(35-27)15-3-6-36(7-4-15)12-23-34-28-24(21(31)14-41-28)37(23)11-17-5-8-38-17/h1-3,9-10,14,17H,4-8,11-13H2/t17-/m0/s1. The highest BCUT2D eigenvalue weighted by molar-refractivity contribution is 7.16. The van der Waals surface area contributed by atoms with E-state index in [1.807, 2.05) is 10.6 Å². The van der Waals surface area contributed by atoms with Gasteiger partial charge in [0.05, 0.1) is 30.4 Å². The van der Waals surface area contributed by atoms with Crippen molar-refractivity contribution >= 4 is 49.8 Å². The second-order valence-electron chi connectivity index (χ2n) is 10.0. The molecule has 0 spiro atoms. The summed E-state index contributed by atoms with van der Waals surface area (Å²) in [6.45, 7) is 3.06. The average molecular weight is 602 g/mol. The maximum Gasteiger partial charge on any atom is 0.278 e. The van der Waals surface area contributed by atoms with Gasteiger partial charge < -0.3 is 18.5 Å². The van der Waals surface area contributed by atoms with Crippen LogP contribution in [-0.4, -0.2) is 50.2 Å². The highest BCUT2D eigenvalue weighted by Crippen LogP contribution is 2.31. The van der Waals surface area contributed by atoms with Gasteiger partial charge in [0.2, 0.25) is 5.82 Å². The number of thiophene rings is 1. The zero-order valence-corrected chi connectivity index (χ0v) is 23.2. The van der Waals surface area contributed by atoms with Crippen LogP contribution in [0, 0.1) is 17.6 Å². The van der Waals surface area contributed by atoms with Crippen LogP contribution >= 0.6 is 22.9 Å². The van der Waals surface area contributed by atoms with E-state index >= 15 is 0 Å². The quantitative estimate of drug-likeness (QED) is 0.205. The average Bonchev–Trinajstić information content (AvgIpc) is 3.61. The number of benzene rings is 1. The van der Waals surface area contributed by atoms with Crippen LogP contribution in [0.3, 0.4) is 0 Å². The highest BCUT2D eigenvalue weighted by atomic mass is 35.5. The first kappa shape index (κ1) is 26.4. The summed E-state index contributed by atoms with van der Waals surface area (Å²) in [5.74, 6) is -0.00259. The summed E-state index contributed by atoms with van der Waals surface area (Å²) in [7, 11) is 0. The molecule has 0 N–H and O–H groups in total. The molecule has 2 aliphatic rings. The number of fused-ring (bicyclic) bond motifs is 2. The smallest absolute Gasteiger partial charge is 0.278 e. The zero-order chi connectivity index (χ0) is 28.1. The fraction of sp³-hybridized carbons (Fsp3) is 0.321. The van der Waals surface area contributed by atoms with Crippen molar-refractivity contribution in [3.05, 3.63) is 75.7 Å². The van der Waals surface area contributed by atoms with Crippen LogP contribution in [0.25, 0.3) is 26.9 Å². The fourth-order valence-electron chi connectivity index (χ4n) is 5.14. The summed E-state index contributed by atoms with van der Waals surface area (Å²) in [5, 5.41) is 2.24. The number of hydrogen-bond acceptors (Lipinski definition) is 8. The minimum Gasteiger partial charge on any atom is -0.470 e. The molecule has 1 saturated heterocycles. The number of aromatic nitrogens is 4. The van der Waals surface area contributed by atoms with Crippen molar-refractivity contribution in [2.75, 3.05) is 19.7 Å². The lowest BCUT2D eigenvalue weighted by Crippen LogP contribution is -2.33. The molecule has 41 heavy (non-hydrogen) atoms. The second kappa shape index (κ2) is 10.8. The van der Waals surface area contributed by atoms with Crippen LogP contribution in [0.2, 0.25) is 5.02 Å². The molecule has 4 aromatic heterocycles. The third kappa shape index (κ3) is 5.09. The molecule has 1 fully saturated rings. The van der Waals surface area contributed by atoms with Gasteiger partial charge in [0.15, 0.2) is 11.6 Å². The summed E-state index contributed by atoms with van der Waals surface area (Å²) in [6.07, 6.45) is 4.74. The minimum absolute atomic E-state index is 0.0799. The zero-order valence-electron chi connectivity index (χ0n) is 21.6. The Bertz CT molecular complexity index is 1800. The lowest BCUT2D eigenvalue weighted by Gasteiger charge is -2.29. The highest BCUT2D eigenvalue weighted by Gasteiger charge is 2.26. The monoisotopic (exact) mass is 601 g/mol. The number of nitrogens with zero attached hydrogens (tertiary/aromatic N) is 5. The Morgan fingerprint density at radius 3 is 2.83 bits per heavy atom. The van der Waals surface area contributed by atoms with Crippen molar-refractivity contribution in [2.45, 2.75) is 38.6 Å². The van der Waals surface area contributed by atoms with E-state index in [4.69, 9.17) is 30.5 Å². The van der Waals surface area contributed by atoms with Crippen LogP contribution in [0.4, 0.5) is 13.2 Å². The number of imidazole rings is 1. The fourth-order valence-corrected chi connectivity index (χ4v) is 6.15. The van der Waals surface area contributed by atoms with E-state index in [0.717, 1.165) is 30.6 Å². The first-order valence-electron chi connectivity index (χ1n) is 13.1. The molecule has 0 bridgehead atoms. The molecule has 6 heterocycles. The molecule has 212 valence electrons. The molecule has 5 aromatic rings. The third-order valence-corrected chi connectivity index (χ3v) is 8.56. The molecule has 13 heteroatoms. The van der Waals surface area contributed by atoms with Gasteiger partial charge in [0.1, 0.15) is 28.4 Å². The molecule has 0 amide bonds. The SMILES string of the molecule is Fc1cc2c(Cl)ccc(COc3nc(C4=CCN(Cc5nc6scc(F)c6n5C[C@@H]5CCO5)CC4)ncc3F)c2o1. The molecular weight excluding hydrogens is 579 g/mol. The van der Waals surface area contributed by atoms with Crippen molar-refractivity contribution in [1.29, 1.82) is 0 Å². The van der Waals surface area contributed by atoms with Gasteiger partial charge in [-0.25, -0.2) is 14.4 Å². The van der Waals surface area contributed by atoms with E-state index in [1.54, 1.807) is 12.1 Å². The van der Waals surface area contributed by atoms with E-state index in [9.17, 15) is 13.2 Å². The first-order valence-corrected chi connectivity index (χ1v) is 14.4. The molecule has 2 aliphatic heterocycles. The van der Waals surface area contributed by atoms with Crippen LogP contribution in [0.5, 0.6) is 5.88 Å². The number of halogens is 4.